The summed E-state index contributed by atoms with van der Waals surface area (Å²) in [6.07, 6.45) is 2.64. The molecule has 0 saturated carbocycles. The van der Waals surface area contributed by atoms with Gasteiger partial charge in [-0.25, -0.2) is 0 Å². The standard InChI is InChI=1S/C9H15NO2/c1-3-8(11)10-6-4-9(2,12)5-7-10/h3,12H,1,4-7H2,2H3. The minimum Gasteiger partial charge on any atom is -0.390 e. The predicted molar refractivity (Wildman–Crippen MR) is 46.6 cm³/mol. The van der Waals surface area contributed by atoms with Crippen molar-refractivity contribution in [2.75, 3.05) is 13.1 Å². The molecule has 0 bridgehead atoms. The van der Waals surface area contributed by atoms with Crippen molar-refractivity contribution in [1.29, 1.82) is 0 Å². The molecule has 0 aliphatic carbocycles. The Kier molecular flexibility index (Phi) is 2.52. The number of amides is 1. The third kappa shape index (κ3) is 2.08. The van der Waals surface area contributed by atoms with Gasteiger partial charge in [-0.3, -0.25) is 4.79 Å². The van der Waals surface area contributed by atoms with Crippen molar-refractivity contribution in [3.63, 3.8) is 0 Å². The number of likely N-dealkylation sites (tertiary alicyclic amines) is 1. The first-order valence-electron chi connectivity index (χ1n) is 4.19. The van der Waals surface area contributed by atoms with Gasteiger partial charge in [0.2, 0.25) is 5.91 Å². The van der Waals surface area contributed by atoms with Gasteiger partial charge in [-0.15, -0.1) is 0 Å². The minimum absolute atomic E-state index is 0.0366. The van der Waals surface area contributed by atoms with Crippen LogP contribution >= 0.6 is 0 Å². The summed E-state index contributed by atoms with van der Waals surface area (Å²) in [6, 6.07) is 0. The number of carbonyl (C=O) groups is 1. The van der Waals surface area contributed by atoms with Crippen molar-refractivity contribution in [3.8, 4) is 0 Å². The van der Waals surface area contributed by atoms with Crippen LogP contribution in [0.5, 0.6) is 0 Å². The summed E-state index contributed by atoms with van der Waals surface area (Å²) in [5, 5.41) is 9.58. The Hall–Kier alpha value is -0.830. The van der Waals surface area contributed by atoms with Crippen LogP contribution in [0.1, 0.15) is 19.8 Å². The Labute approximate surface area is 72.7 Å². The van der Waals surface area contributed by atoms with E-state index in [0.29, 0.717) is 25.9 Å². The Morgan fingerprint density at radius 3 is 2.50 bits per heavy atom. The average Bonchev–Trinajstić information content (AvgIpc) is 2.03. The third-order valence-electron chi connectivity index (χ3n) is 2.33. The van der Waals surface area contributed by atoms with Crippen LogP contribution in [0.3, 0.4) is 0 Å². The topological polar surface area (TPSA) is 40.5 Å². The van der Waals surface area contributed by atoms with E-state index in [1.165, 1.54) is 6.08 Å². The van der Waals surface area contributed by atoms with E-state index < -0.39 is 5.60 Å². The summed E-state index contributed by atoms with van der Waals surface area (Å²) < 4.78 is 0. The number of rotatable bonds is 1. The van der Waals surface area contributed by atoms with Crippen molar-refractivity contribution in [3.05, 3.63) is 12.7 Å². The Morgan fingerprint density at radius 2 is 2.08 bits per heavy atom. The molecule has 1 aliphatic rings. The molecule has 3 heteroatoms. The lowest BCUT2D eigenvalue weighted by atomic mass is 9.94. The van der Waals surface area contributed by atoms with Crippen LogP contribution < -0.4 is 0 Å². The van der Waals surface area contributed by atoms with E-state index in [2.05, 4.69) is 6.58 Å². The fourth-order valence-corrected chi connectivity index (χ4v) is 1.34. The first-order valence-corrected chi connectivity index (χ1v) is 4.19. The normalized spacial score (nSPS) is 22.0. The summed E-state index contributed by atoms with van der Waals surface area (Å²) in [7, 11) is 0. The van der Waals surface area contributed by atoms with Crippen molar-refractivity contribution in [2.24, 2.45) is 0 Å². The van der Waals surface area contributed by atoms with Gasteiger partial charge in [0.25, 0.3) is 0 Å². The molecule has 1 amide bonds. The molecule has 0 aromatic rings. The summed E-state index contributed by atoms with van der Waals surface area (Å²) in [6.45, 7) is 6.50. The van der Waals surface area contributed by atoms with Gasteiger partial charge in [-0.1, -0.05) is 6.58 Å². The van der Waals surface area contributed by atoms with E-state index in [0.717, 1.165) is 0 Å². The zero-order valence-electron chi connectivity index (χ0n) is 7.42. The van der Waals surface area contributed by atoms with Crippen molar-refractivity contribution in [2.45, 2.75) is 25.4 Å². The van der Waals surface area contributed by atoms with Crippen LogP contribution in [0, 0.1) is 0 Å². The maximum absolute atomic E-state index is 11.1. The van der Waals surface area contributed by atoms with Crippen LogP contribution in [0.2, 0.25) is 0 Å². The van der Waals surface area contributed by atoms with Crippen molar-refractivity contribution < 1.29 is 9.90 Å². The molecular weight excluding hydrogens is 154 g/mol. The molecule has 0 unspecified atom stereocenters. The zero-order valence-corrected chi connectivity index (χ0v) is 7.42. The van der Waals surface area contributed by atoms with E-state index in [1.54, 1.807) is 4.90 Å². The maximum atomic E-state index is 11.1. The maximum Gasteiger partial charge on any atom is 0.245 e. The highest BCUT2D eigenvalue weighted by Crippen LogP contribution is 2.20. The molecule has 1 fully saturated rings. The molecule has 12 heavy (non-hydrogen) atoms. The number of piperidine rings is 1. The molecule has 1 N–H and O–H groups in total. The van der Waals surface area contributed by atoms with Crippen LogP contribution in [0.4, 0.5) is 0 Å². The summed E-state index contributed by atoms with van der Waals surface area (Å²) in [5.74, 6) is -0.0366. The SMILES string of the molecule is C=CC(=O)N1CCC(C)(O)CC1. The second kappa shape index (κ2) is 3.27. The highest BCUT2D eigenvalue weighted by Gasteiger charge is 2.28. The number of hydrogen-bond donors (Lipinski definition) is 1. The van der Waals surface area contributed by atoms with Crippen LogP contribution in [0.15, 0.2) is 12.7 Å². The molecular formula is C9H15NO2. The first kappa shape index (κ1) is 9.26. The van der Waals surface area contributed by atoms with Crippen LogP contribution in [0.25, 0.3) is 0 Å². The molecule has 0 radical (unpaired) electrons. The average molecular weight is 169 g/mol. The Balaban J connectivity index is 2.46. The second-order valence-electron chi connectivity index (χ2n) is 3.53. The second-order valence-corrected chi connectivity index (χ2v) is 3.53. The Morgan fingerprint density at radius 1 is 1.58 bits per heavy atom. The minimum atomic E-state index is -0.585. The lowest BCUT2D eigenvalue weighted by Crippen LogP contribution is -2.44. The van der Waals surface area contributed by atoms with E-state index in [4.69, 9.17) is 0 Å². The lowest BCUT2D eigenvalue weighted by Gasteiger charge is -2.35. The molecule has 0 aromatic carbocycles. The van der Waals surface area contributed by atoms with Crippen molar-refractivity contribution in [1.82, 2.24) is 4.90 Å². The van der Waals surface area contributed by atoms with E-state index >= 15 is 0 Å². The molecule has 1 heterocycles. The molecule has 68 valence electrons. The van der Waals surface area contributed by atoms with Gasteiger partial charge in [0.05, 0.1) is 5.60 Å². The quantitative estimate of drug-likeness (QED) is 0.582. The fraction of sp³-hybridized carbons (Fsp3) is 0.667. The van der Waals surface area contributed by atoms with Gasteiger partial charge in [0, 0.05) is 13.1 Å². The van der Waals surface area contributed by atoms with E-state index in [-0.39, 0.29) is 5.91 Å². The van der Waals surface area contributed by atoms with Crippen LogP contribution in [-0.4, -0.2) is 34.6 Å². The summed E-state index contributed by atoms with van der Waals surface area (Å²) >= 11 is 0. The highest BCUT2D eigenvalue weighted by molar-refractivity contribution is 5.87. The molecule has 3 nitrogen and oxygen atoms in total. The van der Waals surface area contributed by atoms with E-state index in [1.807, 2.05) is 6.92 Å². The number of carbonyl (C=O) groups excluding carboxylic acids is 1. The fourth-order valence-electron chi connectivity index (χ4n) is 1.34. The highest BCUT2D eigenvalue weighted by atomic mass is 16.3. The van der Waals surface area contributed by atoms with Crippen molar-refractivity contribution >= 4 is 5.91 Å². The molecule has 1 aliphatic heterocycles. The zero-order chi connectivity index (χ0) is 9.19. The molecule has 0 atom stereocenters. The summed E-state index contributed by atoms with van der Waals surface area (Å²) in [5.41, 5.74) is -0.585. The number of hydrogen-bond acceptors (Lipinski definition) is 2. The molecule has 0 aromatic heterocycles. The predicted octanol–water partition coefficient (Wildman–Crippen LogP) is 0.546. The smallest absolute Gasteiger partial charge is 0.245 e. The number of nitrogens with zero attached hydrogens (tertiary/aromatic N) is 1. The number of aliphatic hydroxyl groups is 1. The lowest BCUT2D eigenvalue weighted by molar-refractivity contribution is -0.129. The Bertz CT molecular complexity index is 189. The van der Waals surface area contributed by atoms with Crippen LogP contribution in [-0.2, 0) is 4.79 Å². The van der Waals surface area contributed by atoms with E-state index in [9.17, 15) is 9.90 Å². The van der Waals surface area contributed by atoms with Gasteiger partial charge in [-0.05, 0) is 25.8 Å². The summed E-state index contributed by atoms with van der Waals surface area (Å²) in [4.78, 5) is 12.8. The molecule has 1 saturated heterocycles. The van der Waals surface area contributed by atoms with Gasteiger partial charge < -0.3 is 10.0 Å². The van der Waals surface area contributed by atoms with Gasteiger partial charge >= 0.3 is 0 Å². The largest absolute Gasteiger partial charge is 0.390 e. The van der Waals surface area contributed by atoms with Gasteiger partial charge in [-0.2, -0.15) is 0 Å². The third-order valence-corrected chi connectivity index (χ3v) is 2.33. The van der Waals surface area contributed by atoms with Gasteiger partial charge in [0.15, 0.2) is 0 Å². The monoisotopic (exact) mass is 169 g/mol. The molecule has 1 rings (SSSR count). The first-order chi connectivity index (χ1) is 5.55. The molecule has 0 spiro atoms. The van der Waals surface area contributed by atoms with Gasteiger partial charge in [0.1, 0.15) is 0 Å².